The SMILES string of the molecule is COCCOc1cc(OCCOC)c2c(N)ncnc2c1. The van der Waals surface area contributed by atoms with Gasteiger partial charge >= 0.3 is 0 Å². The van der Waals surface area contributed by atoms with Gasteiger partial charge in [-0.05, 0) is 0 Å². The fourth-order valence-electron chi connectivity index (χ4n) is 1.83. The first-order chi connectivity index (χ1) is 10.3. The van der Waals surface area contributed by atoms with E-state index in [2.05, 4.69) is 9.97 Å². The van der Waals surface area contributed by atoms with Crippen molar-refractivity contribution in [2.45, 2.75) is 0 Å². The van der Waals surface area contributed by atoms with Crippen LogP contribution >= 0.6 is 0 Å². The number of nitrogens with zero attached hydrogens (tertiary/aromatic N) is 2. The number of rotatable bonds is 8. The molecule has 2 aromatic rings. The van der Waals surface area contributed by atoms with E-state index in [-0.39, 0.29) is 0 Å². The number of aromatic nitrogens is 2. The first-order valence-corrected chi connectivity index (χ1v) is 6.54. The number of methoxy groups -OCH3 is 2. The van der Waals surface area contributed by atoms with Gasteiger partial charge in [-0.1, -0.05) is 0 Å². The minimum absolute atomic E-state index is 0.371. The van der Waals surface area contributed by atoms with Crippen LogP contribution in [0.1, 0.15) is 0 Å². The lowest BCUT2D eigenvalue weighted by molar-refractivity contribution is 0.143. The second-order valence-electron chi connectivity index (χ2n) is 4.26. The van der Waals surface area contributed by atoms with Gasteiger partial charge in [0.25, 0.3) is 0 Å². The minimum atomic E-state index is 0.371. The standard InChI is InChI=1S/C14H19N3O4/c1-18-3-5-20-10-7-11-13(14(15)17-9-16-11)12(8-10)21-6-4-19-2/h7-9H,3-6H2,1-2H3,(H2,15,16,17). The van der Waals surface area contributed by atoms with Crippen molar-refractivity contribution in [2.24, 2.45) is 0 Å². The molecule has 0 radical (unpaired) electrons. The Morgan fingerprint density at radius 2 is 1.67 bits per heavy atom. The number of nitrogens with two attached hydrogens (primary N) is 1. The van der Waals surface area contributed by atoms with Crippen molar-refractivity contribution in [1.29, 1.82) is 0 Å². The fourth-order valence-corrected chi connectivity index (χ4v) is 1.83. The van der Waals surface area contributed by atoms with Gasteiger partial charge in [0.15, 0.2) is 0 Å². The first-order valence-electron chi connectivity index (χ1n) is 6.54. The van der Waals surface area contributed by atoms with Crippen molar-refractivity contribution in [3.63, 3.8) is 0 Å². The molecule has 1 aromatic carbocycles. The van der Waals surface area contributed by atoms with Crippen LogP contribution in [0.2, 0.25) is 0 Å². The van der Waals surface area contributed by atoms with Crippen LogP contribution in [0, 0.1) is 0 Å². The Balaban J connectivity index is 2.30. The van der Waals surface area contributed by atoms with Crippen LogP contribution in [0.4, 0.5) is 5.82 Å². The van der Waals surface area contributed by atoms with E-state index in [9.17, 15) is 0 Å². The summed E-state index contributed by atoms with van der Waals surface area (Å²) in [5.41, 5.74) is 6.58. The Bertz CT molecular complexity index is 592. The molecular formula is C14H19N3O4. The van der Waals surface area contributed by atoms with Gasteiger partial charge in [-0.25, -0.2) is 9.97 Å². The third-order valence-corrected chi connectivity index (χ3v) is 2.81. The van der Waals surface area contributed by atoms with E-state index in [1.165, 1.54) is 6.33 Å². The first kappa shape index (κ1) is 15.3. The highest BCUT2D eigenvalue weighted by Crippen LogP contribution is 2.33. The highest BCUT2D eigenvalue weighted by molar-refractivity contribution is 5.94. The van der Waals surface area contributed by atoms with Crippen molar-refractivity contribution in [2.75, 3.05) is 46.4 Å². The molecule has 0 amide bonds. The lowest BCUT2D eigenvalue weighted by Gasteiger charge is -2.13. The molecule has 7 heteroatoms. The zero-order chi connectivity index (χ0) is 15.1. The van der Waals surface area contributed by atoms with E-state index < -0.39 is 0 Å². The third-order valence-electron chi connectivity index (χ3n) is 2.81. The molecule has 0 spiro atoms. The molecule has 21 heavy (non-hydrogen) atoms. The fraction of sp³-hybridized carbons (Fsp3) is 0.429. The summed E-state index contributed by atoms with van der Waals surface area (Å²) in [4.78, 5) is 8.20. The molecular weight excluding hydrogens is 274 g/mol. The number of hydrogen-bond donors (Lipinski definition) is 1. The zero-order valence-corrected chi connectivity index (χ0v) is 12.2. The van der Waals surface area contributed by atoms with Crippen molar-refractivity contribution < 1.29 is 18.9 Å². The van der Waals surface area contributed by atoms with Crippen molar-refractivity contribution in [3.05, 3.63) is 18.5 Å². The van der Waals surface area contributed by atoms with Gasteiger partial charge in [0.05, 0.1) is 24.1 Å². The van der Waals surface area contributed by atoms with Gasteiger partial charge in [0, 0.05) is 26.4 Å². The normalized spacial score (nSPS) is 10.8. The maximum atomic E-state index is 5.91. The zero-order valence-electron chi connectivity index (χ0n) is 12.2. The predicted molar refractivity (Wildman–Crippen MR) is 78.7 cm³/mol. The number of ether oxygens (including phenoxy) is 4. The number of benzene rings is 1. The van der Waals surface area contributed by atoms with E-state index in [4.69, 9.17) is 24.7 Å². The summed E-state index contributed by atoms with van der Waals surface area (Å²) in [7, 11) is 3.24. The monoisotopic (exact) mass is 293 g/mol. The summed E-state index contributed by atoms with van der Waals surface area (Å²) in [6, 6.07) is 3.57. The third kappa shape index (κ3) is 3.93. The average Bonchev–Trinajstić information content (AvgIpc) is 2.48. The highest BCUT2D eigenvalue weighted by atomic mass is 16.5. The Hall–Kier alpha value is -2.12. The summed E-state index contributed by atoms with van der Waals surface area (Å²) in [5, 5.41) is 0.674. The van der Waals surface area contributed by atoms with Crippen molar-refractivity contribution in [1.82, 2.24) is 9.97 Å². The Morgan fingerprint density at radius 3 is 2.38 bits per heavy atom. The van der Waals surface area contributed by atoms with E-state index >= 15 is 0 Å². The molecule has 2 N–H and O–H groups in total. The number of anilines is 1. The highest BCUT2D eigenvalue weighted by Gasteiger charge is 2.11. The van der Waals surface area contributed by atoms with Crippen LogP contribution in [-0.4, -0.2) is 50.6 Å². The molecule has 0 fully saturated rings. The van der Waals surface area contributed by atoms with Gasteiger partial charge in [0.2, 0.25) is 0 Å². The average molecular weight is 293 g/mol. The van der Waals surface area contributed by atoms with Crippen LogP contribution in [-0.2, 0) is 9.47 Å². The van der Waals surface area contributed by atoms with Crippen LogP contribution in [0.15, 0.2) is 18.5 Å². The molecule has 0 bridgehead atoms. The van der Waals surface area contributed by atoms with Crippen LogP contribution in [0.3, 0.4) is 0 Å². The molecule has 114 valence electrons. The molecule has 0 aliphatic rings. The van der Waals surface area contributed by atoms with E-state index in [1.807, 2.05) is 0 Å². The molecule has 0 saturated heterocycles. The number of nitrogen functional groups attached to an aromatic ring is 1. The van der Waals surface area contributed by atoms with Crippen LogP contribution in [0.5, 0.6) is 11.5 Å². The summed E-state index contributed by atoms with van der Waals surface area (Å²) in [5.74, 6) is 1.59. The van der Waals surface area contributed by atoms with Gasteiger partial charge in [-0.15, -0.1) is 0 Å². The molecule has 1 aromatic heterocycles. The van der Waals surface area contributed by atoms with Gasteiger partial charge in [-0.2, -0.15) is 0 Å². The molecule has 0 atom stereocenters. The largest absolute Gasteiger partial charge is 0.491 e. The second-order valence-corrected chi connectivity index (χ2v) is 4.26. The van der Waals surface area contributed by atoms with Crippen LogP contribution in [0.25, 0.3) is 10.9 Å². The lowest BCUT2D eigenvalue weighted by Crippen LogP contribution is -2.07. The topological polar surface area (TPSA) is 88.7 Å². The smallest absolute Gasteiger partial charge is 0.138 e. The maximum Gasteiger partial charge on any atom is 0.138 e. The molecule has 0 aliphatic carbocycles. The summed E-state index contributed by atoms with van der Waals surface area (Å²) >= 11 is 0. The molecule has 0 saturated carbocycles. The maximum absolute atomic E-state index is 5.91. The quantitative estimate of drug-likeness (QED) is 0.733. The van der Waals surface area contributed by atoms with Gasteiger partial charge in [0.1, 0.15) is 36.9 Å². The Kier molecular flexibility index (Phi) is 5.53. The van der Waals surface area contributed by atoms with Gasteiger partial charge < -0.3 is 24.7 Å². The Morgan fingerprint density at radius 1 is 0.952 bits per heavy atom. The van der Waals surface area contributed by atoms with E-state index in [0.29, 0.717) is 54.6 Å². The summed E-state index contributed by atoms with van der Waals surface area (Å²) < 4.78 is 21.2. The number of hydrogen-bond acceptors (Lipinski definition) is 7. The minimum Gasteiger partial charge on any atom is -0.491 e. The molecule has 1 heterocycles. The second kappa shape index (κ2) is 7.61. The van der Waals surface area contributed by atoms with Gasteiger partial charge in [-0.3, -0.25) is 0 Å². The van der Waals surface area contributed by atoms with E-state index in [0.717, 1.165) is 0 Å². The van der Waals surface area contributed by atoms with Crippen molar-refractivity contribution >= 4 is 16.7 Å². The molecule has 7 nitrogen and oxygen atoms in total. The Labute approximate surface area is 123 Å². The van der Waals surface area contributed by atoms with Crippen molar-refractivity contribution in [3.8, 4) is 11.5 Å². The van der Waals surface area contributed by atoms with E-state index in [1.54, 1.807) is 26.4 Å². The van der Waals surface area contributed by atoms with Crippen LogP contribution < -0.4 is 15.2 Å². The summed E-state index contributed by atoms with van der Waals surface area (Å²) in [6.07, 6.45) is 1.41. The molecule has 0 aliphatic heterocycles. The predicted octanol–water partition coefficient (Wildman–Crippen LogP) is 1.26. The lowest BCUT2D eigenvalue weighted by atomic mass is 10.2. The summed E-state index contributed by atoms with van der Waals surface area (Å²) in [6.45, 7) is 1.83. The number of fused-ring (bicyclic) bond motifs is 1. The molecule has 2 rings (SSSR count). The molecule has 0 unspecified atom stereocenters.